The highest BCUT2D eigenvalue weighted by Gasteiger charge is 2.39. The minimum absolute atomic E-state index is 0.126. The minimum Gasteiger partial charge on any atom is -0.477 e. The van der Waals surface area contributed by atoms with Gasteiger partial charge in [0.15, 0.2) is 5.69 Å². The zero-order valence-electron chi connectivity index (χ0n) is 15.7. The lowest BCUT2D eigenvalue weighted by Crippen LogP contribution is -2.52. The van der Waals surface area contributed by atoms with E-state index >= 15 is 0 Å². The van der Waals surface area contributed by atoms with E-state index in [1.54, 1.807) is 12.1 Å². The summed E-state index contributed by atoms with van der Waals surface area (Å²) in [7, 11) is 0. The molecule has 2 saturated heterocycles. The summed E-state index contributed by atoms with van der Waals surface area (Å²) in [6, 6.07) is 16.0. The summed E-state index contributed by atoms with van der Waals surface area (Å²) in [5, 5.41) is 9.24. The summed E-state index contributed by atoms with van der Waals surface area (Å²) in [6.45, 7) is 5.20. The Morgan fingerprint density at radius 3 is 2.56 bits per heavy atom. The molecule has 2 fully saturated rings. The van der Waals surface area contributed by atoms with Gasteiger partial charge in [0.2, 0.25) is 0 Å². The molecule has 5 nitrogen and oxygen atoms in total. The predicted molar refractivity (Wildman–Crippen MR) is 106 cm³/mol. The molecule has 1 aromatic heterocycles. The number of carbonyl (C=O) groups is 1. The topological polar surface area (TPSA) is 56.7 Å². The number of anilines is 1. The monoisotopic (exact) mass is 365 g/mol. The fourth-order valence-electron chi connectivity index (χ4n) is 4.74. The van der Waals surface area contributed by atoms with Gasteiger partial charge < -0.3 is 10.0 Å². The number of aromatic nitrogens is 1. The first kappa shape index (κ1) is 18.0. The van der Waals surface area contributed by atoms with Crippen LogP contribution in [0.4, 0.5) is 5.82 Å². The molecule has 1 aromatic carbocycles. The van der Waals surface area contributed by atoms with Crippen LogP contribution in [0.2, 0.25) is 0 Å². The van der Waals surface area contributed by atoms with Gasteiger partial charge in [0.25, 0.3) is 0 Å². The largest absolute Gasteiger partial charge is 0.477 e. The number of carboxylic acids is 1. The van der Waals surface area contributed by atoms with Crippen LogP contribution in [0.1, 0.15) is 41.7 Å². The second-order valence-corrected chi connectivity index (χ2v) is 8.01. The average molecular weight is 365 g/mol. The highest BCUT2D eigenvalue weighted by atomic mass is 16.4. The van der Waals surface area contributed by atoms with Crippen LogP contribution in [-0.2, 0) is 6.54 Å². The Morgan fingerprint density at radius 2 is 1.78 bits per heavy atom. The summed E-state index contributed by atoms with van der Waals surface area (Å²) in [5.74, 6) is -0.163. The molecule has 0 amide bonds. The molecule has 0 unspecified atom stereocenters. The Bertz CT molecular complexity index is 791. The number of nitrogens with zero attached hydrogens (tertiary/aromatic N) is 3. The first-order valence-corrected chi connectivity index (χ1v) is 9.85. The Balaban J connectivity index is 1.48. The van der Waals surface area contributed by atoms with Crippen LogP contribution in [0.3, 0.4) is 0 Å². The van der Waals surface area contributed by atoms with E-state index in [0.29, 0.717) is 0 Å². The first-order chi connectivity index (χ1) is 13.1. The van der Waals surface area contributed by atoms with Crippen LogP contribution in [0, 0.1) is 5.41 Å². The van der Waals surface area contributed by atoms with Crippen LogP contribution in [0.15, 0.2) is 48.5 Å². The van der Waals surface area contributed by atoms with Crippen molar-refractivity contribution in [2.24, 2.45) is 5.41 Å². The zero-order valence-corrected chi connectivity index (χ0v) is 15.7. The Hall–Kier alpha value is -2.40. The van der Waals surface area contributed by atoms with E-state index in [-0.39, 0.29) is 11.1 Å². The summed E-state index contributed by atoms with van der Waals surface area (Å²) < 4.78 is 0. The molecule has 2 aliphatic heterocycles. The number of carboxylic acid groups (broad SMARTS) is 1. The smallest absolute Gasteiger partial charge is 0.354 e. The van der Waals surface area contributed by atoms with Crippen molar-refractivity contribution in [1.82, 2.24) is 9.88 Å². The molecule has 0 radical (unpaired) electrons. The lowest BCUT2D eigenvalue weighted by atomic mass is 9.73. The summed E-state index contributed by atoms with van der Waals surface area (Å²) in [5.41, 5.74) is 1.78. The van der Waals surface area contributed by atoms with Gasteiger partial charge in [-0.15, -0.1) is 0 Å². The highest BCUT2D eigenvalue weighted by molar-refractivity contribution is 5.85. The predicted octanol–water partition coefficient (Wildman–Crippen LogP) is 3.66. The highest BCUT2D eigenvalue weighted by Crippen LogP contribution is 2.39. The molecule has 1 N–H and O–H groups in total. The molecule has 27 heavy (non-hydrogen) atoms. The minimum atomic E-state index is -0.963. The molecule has 1 spiro atoms. The van der Waals surface area contributed by atoms with E-state index in [1.165, 1.54) is 24.8 Å². The van der Waals surface area contributed by atoms with Crippen molar-refractivity contribution in [2.75, 3.05) is 31.1 Å². The summed E-state index contributed by atoms with van der Waals surface area (Å²) in [6.07, 6.45) is 4.85. The number of likely N-dealkylation sites (tertiary alicyclic amines) is 1. The summed E-state index contributed by atoms with van der Waals surface area (Å²) >= 11 is 0. The van der Waals surface area contributed by atoms with Crippen molar-refractivity contribution in [3.8, 4) is 0 Å². The lowest BCUT2D eigenvalue weighted by Gasteiger charge is -2.49. The van der Waals surface area contributed by atoms with Crippen molar-refractivity contribution in [3.05, 3.63) is 59.8 Å². The quantitative estimate of drug-likeness (QED) is 0.896. The third-order valence-electron chi connectivity index (χ3n) is 5.93. The molecule has 1 atom stereocenters. The standard InChI is InChI=1S/C22H27N3O2/c26-21(27)19-9-4-10-20(23-19)25-14-6-12-22(17-25)11-5-13-24(16-22)15-18-7-2-1-3-8-18/h1-4,7-10H,5-6,11-17H2,(H,26,27)/t22-/m1/s1. The van der Waals surface area contributed by atoms with Crippen LogP contribution >= 0.6 is 0 Å². The van der Waals surface area contributed by atoms with E-state index in [1.807, 2.05) is 6.07 Å². The van der Waals surface area contributed by atoms with Gasteiger partial charge in [0.05, 0.1) is 0 Å². The van der Waals surface area contributed by atoms with Crippen molar-refractivity contribution in [3.63, 3.8) is 0 Å². The maximum absolute atomic E-state index is 11.3. The lowest BCUT2D eigenvalue weighted by molar-refractivity contribution is 0.0679. The third-order valence-corrected chi connectivity index (χ3v) is 5.93. The van der Waals surface area contributed by atoms with Crippen molar-refractivity contribution >= 4 is 11.8 Å². The molecule has 0 bridgehead atoms. The molecule has 142 valence electrons. The molecule has 0 aliphatic carbocycles. The van der Waals surface area contributed by atoms with Gasteiger partial charge in [0, 0.05) is 31.6 Å². The van der Waals surface area contributed by atoms with E-state index < -0.39 is 5.97 Å². The van der Waals surface area contributed by atoms with Gasteiger partial charge in [-0.2, -0.15) is 0 Å². The number of rotatable bonds is 4. The van der Waals surface area contributed by atoms with Crippen molar-refractivity contribution < 1.29 is 9.90 Å². The van der Waals surface area contributed by atoms with Crippen molar-refractivity contribution in [1.29, 1.82) is 0 Å². The van der Waals surface area contributed by atoms with Crippen LogP contribution in [0.25, 0.3) is 0 Å². The van der Waals surface area contributed by atoms with Gasteiger partial charge in [-0.25, -0.2) is 9.78 Å². The Labute approximate surface area is 160 Å². The maximum Gasteiger partial charge on any atom is 0.354 e. The van der Waals surface area contributed by atoms with E-state index in [4.69, 9.17) is 0 Å². The SMILES string of the molecule is O=C(O)c1cccc(N2CCC[C@@]3(CCCN(Cc4ccccc4)C3)C2)n1. The number of benzene rings is 1. The third kappa shape index (κ3) is 4.14. The fourth-order valence-corrected chi connectivity index (χ4v) is 4.74. The summed E-state index contributed by atoms with van der Waals surface area (Å²) in [4.78, 5) is 20.5. The molecule has 4 rings (SSSR count). The number of piperidine rings is 2. The van der Waals surface area contributed by atoms with Gasteiger partial charge in [-0.05, 0) is 49.9 Å². The van der Waals surface area contributed by atoms with Crippen LogP contribution < -0.4 is 4.90 Å². The first-order valence-electron chi connectivity index (χ1n) is 9.85. The molecule has 2 aromatic rings. The van der Waals surface area contributed by atoms with Crippen LogP contribution in [0.5, 0.6) is 0 Å². The molecular formula is C22H27N3O2. The Morgan fingerprint density at radius 1 is 1.00 bits per heavy atom. The van der Waals surface area contributed by atoms with Gasteiger partial charge in [0.1, 0.15) is 5.82 Å². The number of hydrogen-bond acceptors (Lipinski definition) is 4. The van der Waals surface area contributed by atoms with Crippen LogP contribution in [-0.4, -0.2) is 47.1 Å². The van der Waals surface area contributed by atoms with Gasteiger partial charge >= 0.3 is 5.97 Å². The van der Waals surface area contributed by atoms with E-state index in [0.717, 1.165) is 45.0 Å². The van der Waals surface area contributed by atoms with E-state index in [9.17, 15) is 9.90 Å². The number of hydrogen-bond donors (Lipinski definition) is 1. The fraction of sp³-hybridized carbons (Fsp3) is 0.455. The second-order valence-electron chi connectivity index (χ2n) is 8.01. The molecule has 3 heterocycles. The normalized spacial score (nSPS) is 23.5. The molecule has 0 saturated carbocycles. The van der Waals surface area contributed by atoms with Gasteiger partial charge in [-0.3, -0.25) is 4.90 Å². The molecule has 2 aliphatic rings. The molecule has 5 heteroatoms. The number of aromatic carboxylic acids is 1. The zero-order chi connectivity index (χ0) is 18.7. The number of pyridine rings is 1. The van der Waals surface area contributed by atoms with Gasteiger partial charge in [-0.1, -0.05) is 36.4 Å². The second kappa shape index (κ2) is 7.69. The average Bonchev–Trinajstić information content (AvgIpc) is 2.69. The van der Waals surface area contributed by atoms with Crippen molar-refractivity contribution in [2.45, 2.75) is 32.2 Å². The van der Waals surface area contributed by atoms with E-state index in [2.05, 4.69) is 45.1 Å². The maximum atomic E-state index is 11.3. The molecular weight excluding hydrogens is 338 g/mol. The Kier molecular flexibility index (Phi) is 5.12.